The highest BCUT2D eigenvalue weighted by Crippen LogP contribution is 2.35. The number of fused-ring (bicyclic) bond motifs is 1. The van der Waals surface area contributed by atoms with Crippen LogP contribution in [0.3, 0.4) is 0 Å². The molecule has 1 aliphatic rings. The minimum absolute atomic E-state index is 0.220. The predicted octanol–water partition coefficient (Wildman–Crippen LogP) is 3.16. The average Bonchev–Trinajstić information content (AvgIpc) is 3.52. The number of methoxy groups -OCH3 is 2. The van der Waals surface area contributed by atoms with E-state index in [1.54, 1.807) is 30.9 Å². The number of likely N-dealkylation sites (N-methyl/N-ethyl adjacent to an activating group) is 1. The van der Waals surface area contributed by atoms with Crippen LogP contribution in [0.4, 0.5) is 0 Å². The number of aromatic amines is 2. The highest BCUT2D eigenvalue weighted by atomic mass is 16.5. The van der Waals surface area contributed by atoms with Gasteiger partial charge in [0, 0.05) is 23.5 Å². The Kier molecular flexibility index (Phi) is 7.02. The number of hydrogen-bond acceptors (Lipinski definition) is 4. The molecule has 1 aliphatic heterocycles. The Morgan fingerprint density at radius 1 is 1.03 bits per heavy atom. The van der Waals surface area contributed by atoms with Gasteiger partial charge < -0.3 is 24.8 Å². The first-order chi connectivity index (χ1) is 18.8. The Hall–Kier alpha value is -4.72. The van der Waals surface area contributed by atoms with Gasteiger partial charge in [-0.1, -0.05) is 29.8 Å². The summed E-state index contributed by atoms with van der Waals surface area (Å²) < 4.78 is 12.6. The molecule has 39 heavy (non-hydrogen) atoms. The molecular formula is C31H32N4O4. The minimum atomic E-state index is -0.659. The maximum absolute atomic E-state index is 13.9. The van der Waals surface area contributed by atoms with Crippen LogP contribution in [-0.2, 0) is 4.79 Å². The van der Waals surface area contributed by atoms with Crippen LogP contribution in [0.15, 0.2) is 70.5 Å². The number of rotatable bonds is 7. The smallest absolute Gasteiger partial charge is 0.276 e. The van der Waals surface area contributed by atoms with Crippen molar-refractivity contribution < 1.29 is 14.3 Å². The third kappa shape index (κ3) is 4.81. The number of ether oxygens (including phenoxy) is 2. The van der Waals surface area contributed by atoms with Crippen LogP contribution in [0.2, 0.25) is 0 Å². The summed E-state index contributed by atoms with van der Waals surface area (Å²) in [4.78, 5) is 33.8. The maximum atomic E-state index is 13.9. The predicted molar refractivity (Wildman–Crippen MR) is 152 cm³/mol. The summed E-state index contributed by atoms with van der Waals surface area (Å²) in [5, 5.41) is 3.32. The first-order valence-corrected chi connectivity index (χ1v) is 12.9. The number of aromatic nitrogens is 3. The SMILES string of the molecule is CCNC(=O)C1=C(C)C=c2[nH]c(=Cc3ccc(-c4cccc(C)c4)[nH]3)c(=O)n2C1c1ccc(OC)c(OC)c1. The molecule has 0 spiro atoms. The minimum Gasteiger partial charge on any atom is -0.493 e. The second kappa shape index (κ2) is 10.6. The zero-order valence-electron chi connectivity index (χ0n) is 22.7. The van der Waals surface area contributed by atoms with Gasteiger partial charge in [0.1, 0.15) is 10.8 Å². The maximum Gasteiger partial charge on any atom is 0.276 e. The Bertz CT molecular complexity index is 1770. The van der Waals surface area contributed by atoms with E-state index in [9.17, 15) is 9.59 Å². The molecule has 200 valence electrons. The van der Waals surface area contributed by atoms with Crippen LogP contribution in [0.1, 0.15) is 36.7 Å². The lowest BCUT2D eigenvalue weighted by molar-refractivity contribution is -0.117. The summed E-state index contributed by atoms with van der Waals surface area (Å²) in [5.41, 5.74) is 6.39. The quantitative estimate of drug-likeness (QED) is 0.346. The monoisotopic (exact) mass is 524 g/mol. The summed E-state index contributed by atoms with van der Waals surface area (Å²) in [6.07, 6.45) is 3.64. The number of hydrogen-bond donors (Lipinski definition) is 3. The average molecular weight is 525 g/mol. The van der Waals surface area contributed by atoms with Crippen LogP contribution in [0.5, 0.6) is 11.5 Å². The molecule has 0 bridgehead atoms. The molecule has 0 aliphatic carbocycles. The Morgan fingerprint density at radius 3 is 2.54 bits per heavy atom. The molecule has 3 N–H and O–H groups in total. The molecule has 2 aromatic heterocycles. The number of imidazole rings is 1. The van der Waals surface area contributed by atoms with Crippen LogP contribution in [0.25, 0.3) is 23.4 Å². The summed E-state index contributed by atoms with van der Waals surface area (Å²) >= 11 is 0. The zero-order chi connectivity index (χ0) is 27.7. The van der Waals surface area contributed by atoms with E-state index in [0.29, 0.717) is 34.4 Å². The molecule has 5 rings (SSSR count). The molecule has 0 saturated carbocycles. The van der Waals surface area contributed by atoms with Crippen molar-refractivity contribution in [2.24, 2.45) is 0 Å². The van der Waals surface area contributed by atoms with Gasteiger partial charge >= 0.3 is 0 Å². The van der Waals surface area contributed by atoms with Crippen molar-refractivity contribution in [1.82, 2.24) is 19.9 Å². The van der Waals surface area contributed by atoms with Gasteiger partial charge in [-0.25, -0.2) is 0 Å². The number of allylic oxidation sites excluding steroid dienone is 1. The van der Waals surface area contributed by atoms with Gasteiger partial charge in [-0.05, 0) is 80.0 Å². The Balaban J connectivity index is 1.66. The van der Waals surface area contributed by atoms with E-state index in [4.69, 9.17) is 9.47 Å². The molecule has 3 heterocycles. The van der Waals surface area contributed by atoms with Crippen LogP contribution >= 0.6 is 0 Å². The van der Waals surface area contributed by atoms with E-state index >= 15 is 0 Å². The van der Waals surface area contributed by atoms with Crippen molar-refractivity contribution in [2.45, 2.75) is 26.8 Å². The third-order valence-electron chi connectivity index (χ3n) is 6.92. The molecule has 0 saturated heterocycles. The zero-order valence-corrected chi connectivity index (χ0v) is 22.7. The van der Waals surface area contributed by atoms with Crippen molar-refractivity contribution in [3.8, 4) is 22.8 Å². The highest BCUT2D eigenvalue weighted by Gasteiger charge is 2.31. The largest absolute Gasteiger partial charge is 0.493 e. The summed E-state index contributed by atoms with van der Waals surface area (Å²) in [6, 6.07) is 17.0. The molecule has 1 amide bonds. The summed E-state index contributed by atoms with van der Waals surface area (Å²) in [7, 11) is 3.13. The van der Waals surface area contributed by atoms with Crippen LogP contribution < -0.4 is 31.2 Å². The molecule has 8 nitrogen and oxygen atoms in total. The lowest BCUT2D eigenvalue weighted by Crippen LogP contribution is -2.41. The first kappa shape index (κ1) is 25.9. The van der Waals surface area contributed by atoms with Gasteiger partial charge in [0.15, 0.2) is 11.5 Å². The van der Waals surface area contributed by atoms with Crippen LogP contribution in [-0.4, -0.2) is 41.2 Å². The second-order valence-corrected chi connectivity index (χ2v) is 9.56. The number of nitrogens with one attached hydrogen (secondary N) is 3. The number of benzene rings is 2. The van der Waals surface area contributed by atoms with E-state index < -0.39 is 6.04 Å². The number of amides is 1. The molecular weight excluding hydrogens is 492 g/mol. The number of carbonyl (C=O) groups excluding carboxylic acids is 1. The highest BCUT2D eigenvalue weighted by molar-refractivity contribution is 5.97. The fourth-order valence-electron chi connectivity index (χ4n) is 5.11. The number of aryl methyl sites for hydroxylation is 1. The number of carbonyl (C=O) groups is 1. The molecule has 1 unspecified atom stereocenters. The fourth-order valence-corrected chi connectivity index (χ4v) is 5.11. The van der Waals surface area contributed by atoms with E-state index in [0.717, 1.165) is 28.1 Å². The Morgan fingerprint density at radius 2 is 1.82 bits per heavy atom. The standard InChI is InChI=1S/C31H32N4O4/c1-6-32-30(36)28-19(3)15-27-34-24(17-22-11-12-23(33-22)20-9-7-8-18(2)14-20)31(37)35(27)29(28)21-10-13-25(38-4)26(16-21)39-5/h7-17,29,33-34H,6H2,1-5H3,(H,32,36). The van der Waals surface area contributed by atoms with E-state index in [-0.39, 0.29) is 11.5 Å². The lowest BCUT2D eigenvalue weighted by Gasteiger charge is -2.26. The molecule has 0 radical (unpaired) electrons. The van der Waals surface area contributed by atoms with Crippen LogP contribution in [0, 0.1) is 6.92 Å². The molecule has 4 aromatic rings. The molecule has 2 aromatic carbocycles. The van der Waals surface area contributed by atoms with Crippen molar-refractivity contribution in [1.29, 1.82) is 0 Å². The van der Waals surface area contributed by atoms with Gasteiger partial charge in [-0.2, -0.15) is 0 Å². The summed E-state index contributed by atoms with van der Waals surface area (Å²) in [5.74, 6) is 0.864. The first-order valence-electron chi connectivity index (χ1n) is 12.9. The van der Waals surface area contributed by atoms with Gasteiger partial charge in [-0.15, -0.1) is 0 Å². The topological polar surface area (TPSA) is 101 Å². The number of H-pyrrole nitrogens is 2. The normalized spacial score (nSPS) is 15.1. The van der Waals surface area contributed by atoms with Crippen molar-refractivity contribution >= 4 is 18.1 Å². The van der Waals surface area contributed by atoms with Gasteiger partial charge in [-0.3, -0.25) is 14.2 Å². The van der Waals surface area contributed by atoms with E-state index in [2.05, 4.69) is 34.3 Å². The summed E-state index contributed by atoms with van der Waals surface area (Å²) in [6.45, 7) is 6.28. The van der Waals surface area contributed by atoms with Crippen molar-refractivity contribution in [2.75, 3.05) is 20.8 Å². The van der Waals surface area contributed by atoms with E-state index in [1.165, 1.54) is 5.56 Å². The second-order valence-electron chi connectivity index (χ2n) is 9.56. The molecule has 8 heteroatoms. The lowest BCUT2D eigenvalue weighted by atomic mass is 9.91. The molecule has 1 atom stereocenters. The third-order valence-corrected chi connectivity index (χ3v) is 6.92. The molecule has 0 fully saturated rings. The Labute approximate surface area is 226 Å². The number of nitrogens with zero attached hydrogens (tertiary/aromatic N) is 1. The van der Waals surface area contributed by atoms with Gasteiger partial charge in [0.2, 0.25) is 5.91 Å². The van der Waals surface area contributed by atoms with Gasteiger partial charge in [0.25, 0.3) is 5.56 Å². The van der Waals surface area contributed by atoms with Gasteiger partial charge in [0.05, 0.1) is 20.3 Å². The van der Waals surface area contributed by atoms with Crippen molar-refractivity contribution in [3.63, 3.8) is 0 Å². The fraction of sp³-hybridized carbons (Fsp3) is 0.226. The van der Waals surface area contributed by atoms with E-state index in [1.807, 2.05) is 56.3 Å². The van der Waals surface area contributed by atoms with Crippen molar-refractivity contribution in [3.05, 3.63) is 104 Å².